The highest BCUT2D eigenvalue weighted by molar-refractivity contribution is 6.25. The number of rotatable bonds is 3. The van der Waals surface area contributed by atoms with Crippen LogP contribution in [0.3, 0.4) is 0 Å². The molecule has 100 valence electrons. The van der Waals surface area contributed by atoms with Gasteiger partial charge in [0.25, 0.3) is 0 Å². The van der Waals surface area contributed by atoms with E-state index in [1.807, 2.05) is 32.3 Å². The Hall–Kier alpha value is -1.31. The van der Waals surface area contributed by atoms with E-state index >= 15 is 0 Å². The molecule has 19 heavy (non-hydrogen) atoms. The summed E-state index contributed by atoms with van der Waals surface area (Å²) in [6.07, 6.45) is 0. The first-order valence-corrected chi connectivity index (χ1v) is 6.84. The van der Waals surface area contributed by atoms with Gasteiger partial charge in [-0.25, -0.2) is 0 Å². The van der Waals surface area contributed by atoms with E-state index in [4.69, 9.17) is 11.6 Å². The minimum Gasteiger partial charge on any atom is -0.284 e. The summed E-state index contributed by atoms with van der Waals surface area (Å²) in [6.45, 7) is 4.25. The molecule has 0 N–H and O–H groups in total. The molecule has 0 aliphatic carbocycles. The van der Waals surface area contributed by atoms with Gasteiger partial charge in [-0.05, 0) is 50.2 Å². The summed E-state index contributed by atoms with van der Waals surface area (Å²) in [5.74, 6) is 0. The van der Waals surface area contributed by atoms with Gasteiger partial charge in [-0.1, -0.05) is 60.1 Å². The molecular weight excluding hydrogens is 254 g/mol. The van der Waals surface area contributed by atoms with Gasteiger partial charge in [-0.3, -0.25) is 4.90 Å². The molecule has 0 fully saturated rings. The summed E-state index contributed by atoms with van der Waals surface area (Å²) in [5, 5.41) is 0. The first-order chi connectivity index (χ1) is 8.98. The maximum atomic E-state index is 7.03. The van der Waals surface area contributed by atoms with Gasteiger partial charge in [-0.15, -0.1) is 0 Å². The van der Waals surface area contributed by atoms with Crippen molar-refractivity contribution in [3.8, 4) is 0 Å². The zero-order valence-corrected chi connectivity index (χ0v) is 12.7. The Labute approximate surface area is 120 Å². The second-order valence-corrected chi connectivity index (χ2v) is 5.68. The molecule has 0 amide bonds. The standard InChI is InChI=1S/C17H20ClN/c1-13-9-8-12-16(14(13)2)17(18,19(3)4)15-10-6-5-7-11-15/h5-12H,1-4H3. The van der Waals surface area contributed by atoms with Crippen molar-refractivity contribution in [3.63, 3.8) is 0 Å². The van der Waals surface area contributed by atoms with Crippen LogP contribution in [0.5, 0.6) is 0 Å². The molecule has 0 aromatic heterocycles. The zero-order chi connectivity index (χ0) is 14.0. The van der Waals surface area contributed by atoms with Gasteiger partial charge in [0.2, 0.25) is 0 Å². The largest absolute Gasteiger partial charge is 0.284 e. The van der Waals surface area contributed by atoms with Crippen molar-refractivity contribution in [2.24, 2.45) is 0 Å². The quantitative estimate of drug-likeness (QED) is 0.595. The highest BCUT2D eigenvalue weighted by atomic mass is 35.5. The SMILES string of the molecule is Cc1cccc(C(Cl)(c2ccccc2)N(C)C)c1C. The normalized spacial score (nSPS) is 14.4. The topological polar surface area (TPSA) is 3.24 Å². The van der Waals surface area contributed by atoms with Crippen LogP contribution in [0, 0.1) is 13.8 Å². The molecule has 2 aromatic carbocycles. The molecule has 1 nitrogen and oxygen atoms in total. The van der Waals surface area contributed by atoms with Crippen LogP contribution in [0.25, 0.3) is 0 Å². The van der Waals surface area contributed by atoms with Crippen LogP contribution >= 0.6 is 11.6 Å². The van der Waals surface area contributed by atoms with Crippen LogP contribution < -0.4 is 0 Å². The summed E-state index contributed by atoms with van der Waals surface area (Å²) >= 11 is 7.03. The van der Waals surface area contributed by atoms with Gasteiger partial charge in [0.05, 0.1) is 0 Å². The van der Waals surface area contributed by atoms with Crippen molar-refractivity contribution in [3.05, 3.63) is 70.8 Å². The molecule has 0 aliphatic heterocycles. The summed E-state index contributed by atoms with van der Waals surface area (Å²) in [6, 6.07) is 16.5. The number of hydrogen-bond acceptors (Lipinski definition) is 1. The van der Waals surface area contributed by atoms with Crippen LogP contribution in [0.15, 0.2) is 48.5 Å². The van der Waals surface area contributed by atoms with E-state index in [1.54, 1.807) is 0 Å². The van der Waals surface area contributed by atoms with Crippen molar-refractivity contribution in [1.82, 2.24) is 4.90 Å². The molecule has 0 bridgehead atoms. The molecule has 0 spiro atoms. The van der Waals surface area contributed by atoms with E-state index in [1.165, 1.54) is 11.1 Å². The van der Waals surface area contributed by atoms with Gasteiger partial charge < -0.3 is 0 Å². The van der Waals surface area contributed by atoms with Gasteiger partial charge in [-0.2, -0.15) is 0 Å². The predicted octanol–water partition coefficient (Wildman–Crippen LogP) is 4.30. The second kappa shape index (κ2) is 5.36. The van der Waals surface area contributed by atoms with Crippen molar-refractivity contribution in [2.75, 3.05) is 14.1 Å². The molecule has 0 saturated heterocycles. The van der Waals surface area contributed by atoms with Crippen LogP contribution in [0.4, 0.5) is 0 Å². The lowest BCUT2D eigenvalue weighted by atomic mass is 9.91. The summed E-state index contributed by atoms with van der Waals surface area (Å²) in [4.78, 5) is 1.43. The molecule has 0 heterocycles. The van der Waals surface area contributed by atoms with Gasteiger partial charge in [0.1, 0.15) is 5.00 Å². The van der Waals surface area contributed by atoms with Crippen molar-refractivity contribution >= 4 is 11.6 Å². The van der Waals surface area contributed by atoms with Crippen LogP contribution in [-0.2, 0) is 5.00 Å². The number of nitrogens with zero attached hydrogens (tertiary/aromatic N) is 1. The number of hydrogen-bond donors (Lipinski definition) is 0. The highest BCUT2D eigenvalue weighted by Gasteiger charge is 2.35. The van der Waals surface area contributed by atoms with E-state index in [0.717, 1.165) is 11.1 Å². The third kappa shape index (κ3) is 2.41. The monoisotopic (exact) mass is 273 g/mol. The molecule has 1 unspecified atom stereocenters. The molecule has 0 radical (unpaired) electrons. The fourth-order valence-electron chi connectivity index (χ4n) is 2.42. The van der Waals surface area contributed by atoms with E-state index in [2.05, 4.69) is 49.1 Å². The molecule has 2 aromatic rings. The van der Waals surface area contributed by atoms with Crippen molar-refractivity contribution < 1.29 is 0 Å². The van der Waals surface area contributed by atoms with Crippen molar-refractivity contribution in [2.45, 2.75) is 18.8 Å². The Morgan fingerprint density at radius 1 is 0.895 bits per heavy atom. The lowest BCUT2D eigenvalue weighted by molar-refractivity contribution is 0.295. The minimum atomic E-state index is -0.628. The lowest BCUT2D eigenvalue weighted by Gasteiger charge is -2.36. The summed E-state index contributed by atoms with van der Waals surface area (Å²) in [7, 11) is 4.03. The first-order valence-electron chi connectivity index (χ1n) is 6.46. The molecule has 2 heteroatoms. The fraction of sp³-hybridized carbons (Fsp3) is 0.294. The van der Waals surface area contributed by atoms with Gasteiger partial charge in [0, 0.05) is 0 Å². The Kier molecular flexibility index (Phi) is 3.98. The second-order valence-electron chi connectivity index (χ2n) is 5.13. The molecule has 2 rings (SSSR count). The molecule has 1 atom stereocenters. The number of alkyl halides is 1. The Morgan fingerprint density at radius 2 is 1.53 bits per heavy atom. The Balaban J connectivity index is 2.67. The molecular formula is C17H20ClN. The predicted molar refractivity (Wildman–Crippen MR) is 82.7 cm³/mol. The van der Waals surface area contributed by atoms with E-state index in [9.17, 15) is 0 Å². The van der Waals surface area contributed by atoms with Crippen LogP contribution in [0.2, 0.25) is 0 Å². The van der Waals surface area contributed by atoms with Gasteiger partial charge >= 0.3 is 0 Å². The third-order valence-corrected chi connectivity index (χ3v) is 4.49. The number of aryl methyl sites for hydroxylation is 1. The minimum absolute atomic E-state index is 0.628. The van der Waals surface area contributed by atoms with Crippen LogP contribution in [0.1, 0.15) is 22.3 Å². The van der Waals surface area contributed by atoms with E-state index < -0.39 is 5.00 Å². The molecule has 0 saturated carbocycles. The van der Waals surface area contributed by atoms with E-state index in [-0.39, 0.29) is 0 Å². The Morgan fingerprint density at radius 3 is 2.11 bits per heavy atom. The van der Waals surface area contributed by atoms with Crippen LogP contribution in [-0.4, -0.2) is 19.0 Å². The summed E-state index contributed by atoms with van der Waals surface area (Å²) < 4.78 is 0. The maximum absolute atomic E-state index is 7.03. The number of halogens is 1. The smallest absolute Gasteiger partial charge is 0.147 e. The summed E-state index contributed by atoms with van der Waals surface area (Å²) in [5.41, 5.74) is 4.75. The fourth-order valence-corrected chi connectivity index (χ4v) is 2.75. The average Bonchev–Trinajstić information content (AvgIpc) is 2.42. The van der Waals surface area contributed by atoms with Crippen molar-refractivity contribution in [1.29, 1.82) is 0 Å². The van der Waals surface area contributed by atoms with Gasteiger partial charge in [0.15, 0.2) is 0 Å². The lowest BCUT2D eigenvalue weighted by Crippen LogP contribution is -2.38. The average molecular weight is 274 g/mol. The molecule has 0 aliphatic rings. The highest BCUT2D eigenvalue weighted by Crippen LogP contribution is 2.40. The Bertz CT molecular complexity index is 563. The first kappa shape index (κ1) is 14.1. The van der Waals surface area contributed by atoms with E-state index in [0.29, 0.717) is 0 Å². The number of benzene rings is 2. The maximum Gasteiger partial charge on any atom is 0.147 e. The third-order valence-electron chi connectivity index (χ3n) is 3.73. The zero-order valence-electron chi connectivity index (χ0n) is 11.9.